The number of anilines is 2. The molecule has 4 nitrogen and oxygen atoms in total. The van der Waals surface area contributed by atoms with E-state index in [2.05, 4.69) is 34.3 Å². The van der Waals surface area contributed by atoms with Crippen LogP contribution >= 0.6 is 11.3 Å². The van der Waals surface area contributed by atoms with E-state index in [0.717, 1.165) is 29.0 Å². The molecule has 1 aliphatic rings. The number of aryl methyl sites for hydroxylation is 1. The minimum atomic E-state index is -0.0846. The minimum Gasteiger partial charge on any atom is -0.371 e. The van der Waals surface area contributed by atoms with Crippen LogP contribution < -0.4 is 10.2 Å². The number of aromatic nitrogens is 1. The molecule has 0 unspecified atom stereocenters. The topological polar surface area (TPSA) is 45.2 Å². The molecule has 0 spiro atoms. The van der Waals surface area contributed by atoms with Gasteiger partial charge in [-0.15, -0.1) is 11.3 Å². The molecule has 0 bridgehead atoms. The van der Waals surface area contributed by atoms with E-state index in [9.17, 15) is 4.79 Å². The molecule has 2 aromatic carbocycles. The van der Waals surface area contributed by atoms with Crippen LogP contribution in [0.1, 0.15) is 28.8 Å². The first-order valence-corrected chi connectivity index (χ1v) is 9.09. The zero-order chi connectivity index (χ0) is 16.5. The summed E-state index contributed by atoms with van der Waals surface area (Å²) < 4.78 is 1.03. The van der Waals surface area contributed by atoms with Gasteiger partial charge in [-0.25, -0.2) is 4.98 Å². The number of carbonyl (C=O) groups excluding carboxylic acids is 1. The van der Waals surface area contributed by atoms with Gasteiger partial charge in [0.25, 0.3) is 5.91 Å². The second kappa shape index (κ2) is 6.24. The van der Waals surface area contributed by atoms with Crippen molar-refractivity contribution in [1.82, 2.24) is 4.98 Å². The van der Waals surface area contributed by atoms with E-state index in [1.54, 1.807) is 16.8 Å². The van der Waals surface area contributed by atoms with E-state index in [4.69, 9.17) is 0 Å². The van der Waals surface area contributed by atoms with Crippen LogP contribution in [0.15, 0.2) is 41.9 Å². The first kappa shape index (κ1) is 15.1. The maximum Gasteiger partial charge on any atom is 0.255 e. The zero-order valence-corrected chi connectivity index (χ0v) is 14.4. The monoisotopic (exact) mass is 337 g/mol. The minimum absolute atomic E-state index is 0.0846. The molecule has 24 heavy (non-hydrogen) atoms. The van der Waals surface area contributed by atoms with Gasteiger partial charge < -0.3 is 10.2 Å². The highest BCUT2D eigenvalue weighted by atomic mass is 32.1. The molecule has 0 aliphatic carbocycles. The largest absolute Gasteiger partial charge is 0.371 e. The zero-order valence-electron chi connectivity index (χ0n) is 13.6. The summed E-state index contributed by atoms with van der Waals surface area (Å²) in [6.07, 6.45) is 2.52. The van der Waals surface area contributed by atoms with Crippen molar-refractivity contribution in [2.24, 2.45) is 0 Å². The van der Waals surface area contributed by atoms with Crippen molar-refractivity contribution in [3.05, 3.63) is 53.0 Å². The molecule has 0 radical (unpaired) electrons. The molecule has 5 heteroatoms. The van der Waals surface area contributed by atoms with Crippen LogP contribution in [0, 0.1) is 6.92 Å². The van der Waals surface area contributed by atoms with Crippen molar-refractivity contribution in [3.63, 3.8) is 0 Å². The molecule has 0 saturated carbocycles. The Bertz CT molecular complexity index is 897. The number of carbonyl (C=O) groups is 1. The number of thiazole rings is 1. The number of fused-ring (bicyclic) bond motifs is 1. The summed E-state index contributed by atoms with van der Waals surface area (Å²) in [5, 5.41) is 3.00. The molecule has 2 heterocycles. The number of nitrogens with one attached hydrogen (secondary N) is 1. The molecule has 0 atom stereocenters. The Morgan fingerprint density at radius 3 is 2.79 bits per heavy atom. The van der Waals surface area contributed by atoms with Gasteiger partial charge in [0, 0.05) is 30.0 Å². The fraction of sp³-hybridized carbons (Fsp3) is 0.263. The Labute approximate surface area is 145 Å². The SMILES string of the molecule is Cc1cc(NC(=O)c2ccc3ncsc3c2)ccc1N1CCCC1. The lowest BCUT2D eigenvalue weighted by Gasteiger charge is -2.20. The second-order valence-electron chi connectivity index (χ2n) is 6.18. The Balaban J connectivity index is 1.53. The van der Waals surface area contributed by atoms with E-state index in [1.807, 2.05) is 24.3 Å². The third-order valence-corrected chi connectivity index (χ3v) is 5.29. The van der Waals surface area contributed by atoms with Gasteiger partial charge in [0.2, 0.25) is 0 Å². The van der Waals surface area contributed by atoms with Crippen molar-refractivity contribution < 1.29 is 4.79 Å². The highest BCUT2D eigenvalue weighted by molar-refractivity contribution is 7.16. The van der Waals surface area contributed by atoms with Gasteiger partial charge in [0.05, 0.1) is 15.7 Å². The first-order chi connectivity index (χ1) is 11.7. The first-order valence-electron chi connectivity index (χ1n) is 8.21. The average Bonchev–Trinajstić information content (AvgIpc) is 3.25. The van der Waals surface area contributed by atoms with Gasteiger partial charge in [0.1, 0.15) is 0 Å². The number of hydrogen-bond donors (Lipinski definition) is 1. The molecule has 3 aromatic rings. The van der Waals surface area contributed by atoms with Crippen LogP contribution in [0.3, 0.4) is 0 Å². The highest BCUT2D eigenvalue weighted by Gasteiger charge is 2.15. The van der Waals surface area contributed by atoms with Crippen molar-refractivity contribution in [2.75, 3.05) is 23.3 Å². The van der Waals surface area contributed by atoms with E-state index in [-0.39, 0.29) is 5.91 Å². The lowest BCUT2D eigenvalue weighted by molar-refractivity contribution is 0.102. The van der Waals surface area contributed by atoms with Gasteiger partial charge in [0.15, 0.2) is 0 Å². The van der Waals surface area contributed by atoms with Crippen molar-refractivity contribution in [1.29, 1.82) is 0 Å². The van der Waals surface area contributed by atoms with Gasteiger partial charge in [-0.1, -0.05) is 0 Å². The van der Waals surface area contributed by atoms with Crippen LogP contribution in [0.25, 0.3) is 10.2 Å². The highest BCUT2D eigenvalue weighted by Crippen LogP contribution is 2.27. The van der Waals surface area contributed by atoms with Crippen molar-refractivity contribution in [3.8, 4) is 0 Å². The second-order valence-corrected chi connectivity index (χ2v) is 7.07. The smallest absolute Gasteiger partial charge is 0.255 e. The predicted molar refractivity (Wildman–Crippen MR) is 100 cm³/mol. The molecule has 1 fully saturated rings. The van der Waals surface area contributed by atoms with Crippen molar-refractivity contribution >= 4 is 38.8 Å². The predicted octanol–water partition coefficient (Wildman–Crippen LogP) is 4.46. The van der Waals surface area contributed by atoms with E-state index >= 15 is 0 Å². The van der Waals surface area contributed by atoms with E-state index < -0.39 is 0 Å². The number of benzene rings is 2. The molecule has 1 saturated heterocycles. The van der Waals surface area contributed by atoms with Crippen LogP contribution in [-0.4, -0.2) is 24.0 Å². The summed E-state index contributed by atoms with van der Waals surface area (Å²) >= 11 is 1.55. The summed E-state index contributed by atoms with van der Waals surface area (Å²) in [6, 6.07) is 11.8. The van der Waals surface area contributed by atoms with E-state index in [1.165, 1.54) is 24.1 Å². The van der Waals surface area contributed by atoms with Gasteiger partial charge in [-0.05, 0) is 61.7 Å². The lowest BCUT2D eigenvalue weighted by Crippen LogP contribution is -2.19. The van der Waals surface area contributed by atoms with Crippen LogP contribution in [0.5, 0.6) is 0 Å². The molecule has 122 valence electrons. The molecular weight excluding hydrogens is 318 g/mol. The van der Waals surface area contributed by atoms with Gasteiger partial charge in [-0.3, -0.25) is 4.79 Å². The van der Waals surface area contributed by atoms with Crippen LogP contribution in [-0.2, 0) is 0 Å². The number of hydrogen-bond acceptors (Lipinski definition) is 4. The lowest BCUT2D eigenvalue weighted by atomic mass is 10.1. The third-order valence-electron chi connectivity index (χ3n) is 4.49. The Kier molecular flexibility index (Phi) is 3.94. The molecule has 1 aromatic heterocycles. The maximum absolute atomic E-state index is 12.5. The fourth-order valence-corrected chi connectivity index (χ4v) is 3.96. The summed E-state index contributed by atoms with van der Waals surface area (Å²) in [4.78, 5) is 19.2. The van der Waals surface area contributed by atoms with Gasteiger partial charge >= 0.3 is 0 Å². The third kappa shape index (κ3) is 2.87. The fourth-order valence-electron chi connectivity index (χ4n) is 3.25. The molecule has 1 N–H and O–H groups in total. The summed E-state index contributed by atoms with van der Waals surface area (Å²) in [7, 11) is 0. The Morgan fingerprint density at radius 2 is 2.00 bits per heavy atom. The summed E-state index contributed by atoms with van der Waals surface area (Å²) in [6.45, 7) is 4.36. The molecule has 1 amide bonds. The molecule has 4 rings (SSSR count). The molecular formula is C19H19N3OS. The maximum atomic E-state index is 12.5. The Morgan fingerprint density at radius 1 is 1.17 bits per heavy atom. The molecule has 1 aliphatic heterocycles. The number of nitrogens with zero attached hydrogens (tertiary/aromatic N) is 2. The quantitative estimate of drug-likeness (QED) is 0.767. The van der Waals surface area contributed by atoms with Gasteiger partial charge in [-0.2, -0.15) is 0 Å². The average molecular weight is 337 g/mol. The normalized spacial score (nSPS) is 14.3. The van der Waals surface area contributed by atoms with Crippen LogP contribution in [0.4, 0.5) is 11.4 Å². The Hall–Kier alpha value is -2.40. The number of amides is 1. The van der Waals surface area contributed by atoms with E-state index in [0.29, 0.717) is 5.56 Å². The summed E-state index contributed by atoms with van der Waals surface area (Å²) in [5.74, 6) is -0.0846. The standard InChI is InChI=1S/C19H19N3OS/c1-13-10-15(5-7-17(13)22-8-2-3-9-22)21-19(23)14-4-6-16-18(11-14)24-12-20-16/h4-7,10-12H,2-3,8-9H2,1H3,(H,21,23). The number of rotatable bonds is 3. The van der Waals surface area contributed by atoms with Crippen LogP contribution in [0.2, 0.25) is 0 Å². The van der Waals surface area contributed by atoms with Crippen molar-refractivity contribution in [2.45, 2.75) is 19.8 Å². The summed E-state index contributed by atoms with van der Waals surface area (Å²) in [5.41, 5.74) is 6.71.